The molecular formula is C25H32O3. The van der Waals surface area contributed by atoms with Crippen LogP contribution in [0, 0.1) is 5.41 Å². The monoisotopic (exact) mass is 380 g/mol. The molecule has 0 spiro atoms. The number of Topliss-reactive ketones (excluding diaryl/α,β-unsaturated/α-hetero) is 1. The number of phenols is 2. The van der Waals surface area contributed by atoms with Gasteiger partial charge in [-0.25, -0.2) is 0 Å². The predicted molar refractivity (Wildman–Crippen MR) is 116 cm³/mol. The molecule has 0 saturated carbocycles. The second-order valence-electron chi connectivity index (χ2n) is 11.1. The molecule has 0 amide bonds. The number of ketones is 1. The molecule has 2 aromatic carbocycles. The van der Waals surface area contributed by atoms with Gasteiger partial charge in [-0.2, -0.15) is 0 Å². The first-order chi connectivity index (χ1) is 12.5. The molecule has 0 unspecified atom stereocenters. The Morgan fingerprint density at radius 2 is 1.21 bits per heavy atom. The van der Waals surface area contributed by atoms with Crippen LogP contribution in [-0.4, -0.2) is 16.0 Å². The van der Waals surface area contributed by atoms with Crippen LogP contribution in [0.2, 0.25) is 0 Å². The van der Waals surface area contributed by atoms with Crippen molar-refractivity contribution in [1.29, 1.82) is 0 Å². The third-order valence-electron chi connectivity index (χ3n) is 5.61. The number of allylic oxidation sites excluding steroid dienone is 1. The second-order valence-corrected chi connectivity index (χ2v) is 11.1. The van der Waals surface area contributed by atoms with Crippen LogP contribution in [0.3, 0.4) is 0 Å². The third-order valence-corrected chi connectivity index (χ3v) is 5.61. The van der Waals surface area contributed by atoms with E-state index in [9.17, 15) is 15.0 Å². The molecule has 0 fully saturated rings. The minimum absolute atomic E-state index is 0.0293. The smallest absolute Gasteiger partial charge is 0.190 e. The van der Waals surface area contributed by atoms with Gasteiger partial charge in [-0.05, 0) is 34.5 Å². The molecule has 0 radical (unpaired) electrons. The Labute approximate surface area is 168 Å². The summed E-state index contributed by atoms with van der Waals surface area (Å²) in [5.74, 6) is 0.357. The molecule has 1 aliphatic carbocycles. The summed E-state index contributed by atoms with van der Waals surface area (Å²) in [6.07, 6.45) is 1.82. The van der Waals surface area contributed by atoms with Crippen LogP contribution in [0.5, 0.6) is 11.5 Å². The zero-order valence-corrected chi connectivity index (χ0v) is 18.5. The van der Waals surface area contributed by atoms with E-state index in [0.29, 0.717) is 27.5 Å². The number of hydrogen-bond donors (Lipinski definition) is 2. The maximum absolute atomic E-state index is 13.4. The van der Waals surface area contributed by atoms with Crippen molar-refractivity contribution >= 4 is 22.6 Å². The molecule has 2 aromatic rings. The van der Waals surface area contributed by atoms with E-state index in [1.165, 1.54) is 0 Å². The standard InChI is InChI=1S/C25H32O3/c1-23(2,3)16-10-13-19-14(20(16)26)11-17(24(4,5)6)22(28)15(19)12-18(21(13)27)25(7,8)9/h10-12,26-27H,1-9H3. The number of carbonyl (C=O) groups is 1. The zero-order chi connectivity index (χ0) is 21.4. The van der Waals surface area contributed by atoms with Gasteiger partial charge in [-0.1, -0.05) is 62.3 Å². The highest BCUT2D eigenvalue weighted by Gasteiger charge is 2.35. The van der Waals surface area contributed by atoms with Crippen molar-refractivity contribution in [3.63, 3.8) is 0 Å². The normalized spacial score (nSPS) is 15.2. The zero-order valence-electron chi connectivity index (χ0n) is 18.5. The quantitative estimate of drug-likeness (QED) is 0.550. The molecule has 1 aliphatic rings. The Morgan fingerprint density at radius 1 is 0.714 bits per heavy atom. The van der Waals surface area contributed by atoms with Crippen LogP contribution < -0.4 is 0 Å². The third kappa shape index (κ3) is 3.01. The average molecular weight is 381 g/mol. The first kappa shape index (κ1) is 20.4. The van der Waals surface area contributed by atoms with Gasteiger partial charge in [0, 0.05) is 38.6 Å². The van der Waals surface area contributed by atoms with E-state index in [4.69, 9.17) is 0 Å². The summed E-state index contributed by atoms with van der Waals surface area (Å²) in [6, 6.07) is 3.67. The molecule has 0 heterocycles. The number of aromatic hydroxyl groups is 2. The van der Waals surface area contributed by atoms with Gasteiger partial charge in [-0.15, -0.1) is 0 Å². The molecule has 0 saturated heterocycles. The summed E-state index contributed by atoms with van der Waals surface area (Å²) < 4.78 is 0. The van der Waals surface area contributed by atoms with E-state index < -0.39 is 0 Å². The van der Waals surface area contributed by atoms with Crippen molar-refractivity contribution in [2.75, 3.05) is 0 Å². The summed E-state index contributed by atoms with van der Waals surface area (Å²) in [7, 11) is 0. The van der Waals surface area contributed by atoms with Crippen molar-refractivity contribution in [3.8, 4) is 11.5 Å². The van der Waals surface area contributed by atoms with E-state index in [1.807, 2.05) is 80.5 Å². The summed E-state index contributed by atoms with van der Waals surface area (Å²) >= 11 is 0. The van der Waals surface area contributed by atoms with Crippen LogP contribution in [0.25, 0.3) is 16.8 Å². The average Bonchev–Trinajstić information content (AvgIpc) is 2.49. The highest BCUT2D eigenvalue weighted by atomic mass is 16.3. The lowest BCUT2D eigenvalue weighted by Crippen LogP contribution is -2.23. The number of rotatable bonds is 0. The Hall–Kier alpha value is -2.29. The Morgan fingerprint density at radius 3 is 1.68 bits per heavy atom. The molecule has 3 heteroatoms. The second kappa shape index (κ2) is 5.85. The summed E-state index contributed by atoms with van der Waals surface area (Å²) in [5.41, 5.74) is 2.40. The van der Waals surface area contributed by atoms with Crippen molar-refractivity contribution in [3.05, 3.63) is 40.0 Å². The van der Waals surface area contributed by atoms with Gasteiger partial charge in [0.25, 0.3) is 0 Å². The van der Waals surface area contributed by atoms with Gasteiger partial charge in [-0.3, -0.25) is 4.79 Å². The minimum Gasteiger partial charge on any atom is -0.507 e. The molecule has 28 heavy (non-hydrogen) atoms. The molecule has 150 valence electrons. The lowest BCUT2D eigenvalue weighted by Gasteiger charge is -2.31. The van der Waals surface area contributed by atoms with Gasteiger partial charge in [0.05, 0.1) is 0 Å². The first-order valence-electron chi connectivity index (χ1n) is 9.88. The van der Waals surface area contributed by atoms with E-state index in [-0.39, 0.29) is 33.5 Å². The highest BCUT2D eigenvalue weighted by molar-refractivity contribution is 6.25. The van der Waals surface area contributed by atoms with Crippen LogP contribution in [0.1, 0.15) is 89.4 Å². The topological polar surface area (TPSA) is 57.5 Å². The predicted octanol–water partition coefficient (Wildman–Crippen LogP) is 6.47. The first-order valence-corrected chi connectivity index (χ1v) is 9.88. The lowest BCUT2D eigenvalue weighted by atomic mass is 9.72. The molecular weight excluding hydrogens is 348 g/mol. The van der Waals surface area contributed by atoms with Gasteiger partial charge < -0.3 is 10.2 Å². The fourth-order valence-electron chi connectivity index (χ4n) is 3.98. The van der Waals surface area contributed by atoms with Gasteiger partial charge in [0.15, 0.2) is 5.78 Å². The van der Waals surface area contributed by atoms with Crippen LogP contribution in [0.15, 0.2) is 17.7 Å². The summed E-state index contributed by atoms with van der Waals surface area (Å²) in [4.78, 5) is 13.4. The largest absolute Gasteiger partial charge is 0.507 e. The van der Waals surface area contributed by atoms with E-state index in [2.05, 4.69) is 0 Å². The fraction of sp³-hybridized carbons (Fsp3) is 0.480. The highest BCUT2D eigenvalue weighted by Crippen LogP contribution is 2.49. The Balaban J connectivity index is 2.59. The molecule has 0 aromatic heterocycles. The molecule has 2 N–H and O–H groups in total. The van der Waals surface area contributed by atoms with E-state index in [1.54, 1.807) is 0 Å². The van der Waals surface area contributed by atoms with Crippen molar-refractivity contribution in [1.82, 2.24) is 0 Å². The number of hydrogen-bond acceptors (Lipinski definition) is 3. The number of carbonyl (C=O) groups excluding carboxylic acids is 1. The van der Waals surface area contributed by atoms with Crippen LogP contribution >= 0.6 is 0 Å². The summed E-state index contributed by atoms with van der Waals surface area (Å²) in [5, 5.41) is 23.6. The fourth-order valence-corrected chi connectivity index (χ4v) is 3.98. The van der Waals surface area contributed by atoms with Crippen molar-refractivity contribution in [2.45, 2.75) is 73.1 Å². The summed E-state index contributed by atoms with van der Waals surface area (Å²) in [6.45, 7) is 18.2. The van der Waals surface area contributed by atoms with E-state index in [0.717, 1.165) is 11.1 Å². The van der Waals surface area contributed by atoms with Gasteiger partial charge >= 0.3 is 0 Å². The molecule has 0 aliphatic heterocycles. The molecule has 3 nitrogen and oxygen atoms in total. The van der Waals surface area contributed by atoms with Gasteiger partial charge in [0.2, 0.25) is 0 Å². The van der Waals surface area contributed by atoms with Crippen LogP contribution in [0.4, 0.5) is 0 Å². The van der Waals surface area contributed by atoms with Gasteiger partial charge in [0.1, 0.15) is 11.5 Å². The van der Waals surface area contributed by atoms with Crippen LogP contribution in [-0.2, 0) is 10.8 Å². The Kier molecular flexibility index (Phi) is 4.27. The molecule has 0 bridgehead atoms. The minimum atomic E-state index is -0.356. The van der Waals surface area contributed by atoms with Crippen molar-refractivity contribution in [2.24, 2.45) is 5.41 Å². The lowest BCUT2D eigenvalue weighted by molar-refractivity contribution is 0.101. The maximum atomic E-state index is 13.4. The Bertz CT molecular complexity index is 1030. The SMILES string of the molecule is CC(C)(C)C1=Cc2c(O)c(C(C)(C)C)cc3c(O)c(C(C)(C)C)cc(c23)C1=O. The van der Waals surface area contributed by atoms with Crippen molar-refractivity contribution < 1.29 is 15.0 Å². The number of benzene rings is 2. The maximum Gasteiger partial charge on any atom is 0.190 e. The molecule has 3 rings (SSSR count). The molecule has 0 atom stereocenters. The van der Waals surface area contributed by atoms with E-state index >= 15 is 0 Å². The number of phenolic OH excluding ortho intramolecular Hbond substituents is 2.